The summed E-state index contributed by atoms with van der Waals surface area (Å²) in [5, 5.41) is 0.580. The molecule has 3 unspecified atom stereocenters. The van der Waals surface area contributed by atoms with Gasteiger partial charge in [0.05, 0.1) is 11.2 Å². The van der Waals surface area contributed by atoms with Crippen molar-refractivity contribution in [3.63, 3.8) is 0 Å². The highest BCUT2D eigenvalue weighted by molar-refractivity contribution is 9.09. The van der Waals surface area contributed by atoms with E-state index in [4.69, 9.17) is 21.1 Å². The van der Waals surface area contributed by atoms with Crippen molar-refractivity contribution in [3.8, 4) is 5.75 Å². The number of rotatable bonds is 3. The molecule has 1 fully saturated rings. The molecule has 3 atom stereocenters. The molecule has 15 heavy (non-hydrogen) atoms. The Morgan fingerprint density at radius 1 is 1.53 bits per heavy atom. The zero-order valence-corrected chi connectivity index (χ0v) is 10.5. The molecule has 1 aliphatic rings. The van der Waals surface area contributed by atoms with Gasteiger partial charge in [-0.05, 0) is 0 Å². The van der Waals surface area contributed by atoms with Crippen molar-refractivity contribution in [1.29, 1.82) is 0 Å². The van der Waals surface area contributed by atoms with Crippen LogP contribution >= 0.6 is 27.5 Å². The summed E-state index contributed by atoms with van der Waals surface area (Å²) >= 11 is 9.31. The zero-order chi connectivity index (χ0) is 10.8. The first kappa shape index (κ1) is 11.2. The number of hydrogen-bond acceptors (Lipinski definition) is 3. The Balaban J connectivity index is 1.98. The molecule has 5 heteroatoms. The number of ether oxygens (including phenoxy) is 2. The molecule has 1 saturated carbocycles. The monoisotopic (exact) mass is 291 g/mol. The third-order valence-corrected chi connectivity index (χ3v) is 3.52. The summed E-state index contributed by atoms with van der Waals surface area (Å²) in [5.41, 5.74) is 0. The van der Waals surface area contributed by atoms with E-state index in [9.17, 15) is 0 Å². The third kappa shape index (κ3) is 2.44. The van der Waals surface area contributed by atoms with Crippen LogP contribution < -0.4 is 4.74 Å². The summed E-state index contributed by atoms with van der Waals surface area (Å²) in [6.45, 7) is 0. The summed E-state index contributed by atoms with van der Waals surface area (Å²) in [4.78, 5) is 4.33. The Morgan fingerprint density at radius 2 is 2.33 bits per heavy atom. The second-order valence-corrected chi connectivity index (χ2v) is 5.06. The number of nitrogens with zero attached hydrogens (tertiary/aromatic N) is 1. The highest BCUT2D eigenvalue weighted by Gasteiger charge is 2.41. The van der Waals surface area contributed by atoms with Crippen LogP contribution in [0, 0.1) is 0 Å². The van der Waals surface area contributed by atoms with Crippen LogP contribution in [0.25, 0.3) is 0 Å². The average Bonchev–Trinajstić information content (AvgIpc) is 2.17. The molecule has 1 aliphatic carbocycles. The standard InChI is InChI=1S/C10H11BrClNO2/c1-14-10-8(11)3-9(10)15-7-2-6(12)4-13-5-7/h2,4-5,8-10H,3H2,1H3. The maximum absolute atomic E-state index is 5.81. The fourth-order valence-electron chi connectivity index (χ4n) is 1.57. The van der Waals surface area contributed by atoms with E-state index in [0.717, 1.165) is 6.42 Å². The minimum Gasteiger partial charge on any atom is -0.486 e. The van der Waals surface area contributed by atoms with Crippen LogP contribution in [-0.2, 0) is 4.74 Å². The van der Waals surface area contributed by atoms with Crippen molar-refractivity contribution >= 4 is 27.5 Å². The number of methoxy groups -OCH3 is 1. The van der Waals surface area contributed by atoms with Crippen LogP contribution in [0.1, 0.15) is 6.42 Å². The average molecular weight is 293 g/mol. The van der Waals surface area contributed by atoms with Gasteiger partial charge in [0.15, 0.2) is 0 Å². The molecule has 0 saturated heterocycles. The van der Waals surface area contributed by atoms with Gasteiger partial charge in [0.1, 0.15) is 18.0 Å². The lowest BCUT2D eigenvalue weighted by Gasteiger charge is -2.39. The lowest BCUT2D eigenvalue weighted by atomic mass is 9.91. The molecule has 0 bridgehead atoms. The minimum atomic E-state index is 0.0830. The Hall–Kier alpha value is -0.320. The number of aromatic nitrogens is 1. The lowest BCUT2D eigenvalue weighted by molar-refractivity contribution is -0.0546. The molecule has 0 N–H and O–H groups in total. The molecule has 82 valence electrons. The number of halogens is 2. The van der Waals surface area contributed by atoms with Crippen molar-refractivity contribution in [1.82, 2.24) is 4.98 Å². The molecule has 0 spiro atoms. The van der Waals surface area contributed by atoms with Gasteiger partial charge in [-0.3, -0.25) is 4.98 Å². The van der Waals surface area contributed by atoms with Crippen molar-refractivity contribution in [3.05, 3.63) is 23.5 Å². The van der Waals surface area contributed by atoms with E-state index in [-0.39, 0.29) is 12.2 Å². The van der Waals surface area contributed by atoms with E-state index >= 15 is 0 Å². The van der Waals surface area contributed by atoms with Gasteiger partial charge in [-0.15, -0.1) is 0 Å². The number of pyridine rings is 1. The SMILES string of the molecule is COC1C(Br)CC1Oc1cncc(Cl)c1. The molecule has 0 radical (unpaired) electrons. The van der Waals surface area contributed by atoms with Gasteiger partial charge in [0, 0.05) is 30.6 Å². The molecule has 0 amide bonds. The van der Waals surface area contributed by atoms with Crippen LogP contribution in [0.3, 0.4) is 0 Å². The molecule has 1 aromatic heterocycles. The van der Waals surface area contributed by atoms with Gasteiger partial charge in [0.25, 0.3) is 0 Å². The first-order valence-corrected chi connectivity index (χ1v) is 5.94. The first-order chi connectivity index (χ1) is 7.20. The molecular weight excluding hydrogens is 281 g/mol. The fourth-order valence-corrected chi connectivity index (χ4v) is 2.66. The maximum atomic E-state index is 5.81. The Labute approximate surface area is 102 Å². The van der Waals surface area contributed by atoms with Gasteiger partial charge in [-0.2, -0.15) is 0 Å². The Morgan fingerprint density at radius 3 is 2.93 bits per heavy atom. The third-order valence-electron chi connectivity index (χ3n) is 2.42. The summed E-state index contributed by atoms with van der Waals surface area (Å²) < 4.78 is 11.0. The number of hydrogen-bond donors (Lipinski definition) is 0. The summed E-state index contributed by atoms with van der Waals surface area (Å²) in [6, 6.07) is 1.75. The summed E-state index contributed by atoms with van der Waals surface area (Å²) in [7, 11) is 1.69. The topological polar surface area (TPSA) is 31.4 Å². The normalized spacial score (nSPS) is 29.7. The van der Waals surface area contributed by atoms with E-state index in [1.165, 1.54) is 0 Å². The predicted octanol–water partition coefficient (Wildman–Crippen LogP) is 2.66. The first-order valence-electron chi connectivity index (χ1n) is 4.65. The molecule has 0 aliphatic heterocycles. The maximum Gasteiger partial charge on any atom is 0.139 e. The van der Waals surface area contributed by atoms with Gasteiger partial charge >= 0.3 is 0 Å². The van der Waals surface area contributed by atoms with E-state index in [1.54, 1.807) is 25.6 Å². The highest BCUT2D eigenvalue weighted by Crippen LogP contribution is 2.33. The van der Waals surface area contributed by atoms with Gasteiger partial charge in [-0.25, -0.2) is 0 Å². The van der Waals surface area contributed by atoms with Crippen LogP contribution in [0.15, 0.2) is 18.5 Å². The molecule has 0 aromatic carbocycles. The smallest absolute Gasteiger partial charge is 0.139 e. The Bertz CT molecular complexity index is 350. The highest BCUT2D eigenvalue weighted by atomic mass is 79.9. The van der Waals surface area contributed by atoms with Crippen molar-refractivity contribution in [2.45, 2.75) is 23.5 Å². The Kier molecular flexibility index (Phi) is 3.49. The van der Waals surface area contributed by atoms with Crippen LogP contribution in [0.4, 0.5) is 0 Å². The second kappa shape index (κ2) is 4.68. The minimum absolute atomic E-state index is 0.0830. The predicted molar refractivity (Wildman–Crippen MR) is 61.8 cm³/mol. The van der Waals surface area contributed by atoms with E-state index < -0.39 is 0 Å². The molecule has 1 heterocycles. The zero-order valence-electron chi connectivity index (χ0n) is 8.19. The van der Waals surface area contributed by atoms with Crippen LogP contribution in [0.5, 0.6) is 5.75 Å². The molecule has 1 aromatic rings. The van der Waals surface area contributed by atoms with Crippen LogP contribution in [-0.4, -0.2) is 29.1 Å². The molecule has 3 nitrogen and oxygen atoms in total. The lowest BCUT2D eigenvalue weighted by Crippen LogP contribution is -2.51. The van der Waals surface area contributed by atoms with Crippen LogP contribution in [0.2, 0.25) is 5.02 Å². The van der Waals surface area contributed by atoms with E-state index in [1.807, 2.05) is 0 Å². The quantitative estimate of drug-likeness (QED) is 0.803. The second-order valence-electron chi connectivity index (χ2n) is 3.45. The van der Waals surface area contributed by atoms with Crippen molar-refractivity contribution in [2.24, 2.45) is 0 Å². The van der Waals surface area contributed by atoms with Crippen molar-refractivity contribution in [2.75, 3.05) is 7.11 Å². The largest absolute Gasteiger partial charge is 0.486 e. The van der Waals surface area contributed by atoms with Crippen molar-refractivity contribution < 1.29 is 9.47 Å². The summed E-state index contributed by atoms with van der Waals surface area (Å²) in [6.07, 6.45) is 4.35. The van der Waals surface area contributed by atoms with E-state index in [2.05, 4.69) is 20.9 Å². The molecule has 2 rings (SSSR count). The summed E-state index contributed by atoms with van der Waals surface area (Å²) in [5.74, 6) is 0.689. The number of alkyl halides is 1. The fraction of sp³-hybridized carbons (Fsp3) is 0.500. The van der Waals surface area contributed by atoms with Gasteiger partial charge < -0.3 is 9.47 Å². The van der Waals surface area contributed by atoms with E-state index in [0.29, 0.717) is 15.6 Å². The molecular formula is C10H11BrClNO2. The van der Waals surface area contributed by atoms with Gasteiger partial charge in [-0.1, -0.05) is 27.5 Å². The van der Waals surface area contributed by atoms with Gasteiger partial charge in [0.2, 0.25) is 0 Å².